The third-order valence-electron chi connectivity index (χ3n) is 3.09. The van der Waals surface area contributed by atoms with E-state index in [-0.39, 0.29) is 16.8 Å². The molecule has 6 nitrogen and oxygen atoms in total. The molecule has 0 spiro atoms. The smallest absolute Gasteiger partial charge is 0.274 e. The topological polar surface area (TPSA) is 69.6 Å². The van der Waals surface area contributed by atoms with E-state index in [9.17, 15) is 9.90 Å². The number of β-amino-alcohol motifs (C(OH)–C–C–N with tert-alkyl or cyclic N) is 1. The van der Waals surface area contributed by atoms with E-state index in [4.69, 9.17) is 11.6 Å². The normalized spacial score (nSPS) is 17.3. The van der Waals surface area contributed by atoms with Crippen molar-refractivity contribution in [1.82, 2.24) is 19.8 Å². The first-order valence-corrected chi connectivity index (χ1v) is 6.94. The minimum Gasteiger partial charge on any atom is -0.389 e. The summed E-state index contributed by atoms with van der Waals surface area (Å²) < 4.78 is 0. The fourth-order valence-electron chi connectivity index (χ4n) is 2.26. The molecular formula is C13H19ClN4O2. The van der Waals surface area contributed by atoms with E-state index in [2.05, 4.69) is 14.9 Å². The summed E-state index contributed by atoms with van der Waals surface area (Å²) in [7, 11) is 0. The van der Waals surface area contributed by atoms with Crippen LogP contribution in [0.5, 0.6) is 0 Å². The molecule has 20 heavy (non-hydrogen) atoms. The summed E-state index contributed by atoms with van der Waals surface area (Å²) in [4.78, 5) is 24.0. The van der Waals surface area contributed by atoms with Crippen LogP contribution in [0.2, 0.25) is 5.15 Å². The molecule has 0 bridgehead atoms. The highest BCUT2D eigenvalue weighted by atomic mass is 35.5. The van der Waals surface area contributed by atoms with E-state index in [1.807, 2.05) is 0 Å². The van der Waals surface area contributed by atoms with Gasteiger partial charge in [-0.15, -0.1) is 0 Å². The van der Waals surface area contributed by atoms with Gasteiger partial charge in [-0.25, -0.2) is 4.98 Å². The zero-order valence-corrected chi connectivity index (χ0v) is 12.5. The molecule has 1 aromatic heterocycles. The van der Waals surface area contributed by atoms with E-state index < -0.39 is 5.60 Å². The van der Waals surface area contributed by atoms with Crippen LogP contribution in [0.4, 0.5) is 0 Å². The van der Waals surface area contributed by atoms with Crippen molar-refractivity contribution in [2.75, 3.05) is 32.7 Å². The third kappa shape index (κ3) is 4.13. The predicted octanol–water partition coefficient (Wildman–Crippen LogP) is 0.659. The van der Waals surface area contributed by atoms with E-state index in [0.717, 1.165) is 13.1 Å². The minimum absolute atomic E-state index is 0.150. The molecule has 1 N–H and O–H groups in total. The average Bonchev–Trinajstić information content (AvgIpc) is 2.37. The maximum Gasteiger partial charge on any atom is 0.274 e. The first-order chi connectivity index (χ1) is 9.35. The maximum atomic E-state index is 12.2. The van der Waals surface area contributed by atoms with Gasteiger partial charge < -0.3 is 10.0 Å². The molecule has 0 radical (unpaired) electrons. The van der Waals surface area contributed by atoms with E-state index in [0.29, 0.717) is 19.6 Å². The van der Waals surface area contributed by atoms with Gasteiger partial charge in [-0.3, -0.25) is 14.7 Å². The van der Waals surface area contributed by atoms with Crippen LogP contribution in [0, 0.1) is 0 Å². The lowest BCUT2D eigenvalue weighted by Gasteiger charge is -2.37. The van der Waals surface area contributed by atoms with Crippen molar-refractivity contribution in [2.45, 2.75) is 19.4 Å². The van der Waals surface area contributed by atoms with Crippen LogP contribution >= 0.6 is 11.6 Å². The van der Waals surface area contributed by atoms with E-state index in [1.54, 1.807) is 18.7 Å². The van der Waals surface area contributed by atoms with Crippen LogP contribution in [-0.2, 0) is 0 Å². The zero-order valence-electron chi connectivity index (χ0n) is 11.7. The standard InChI is InChI=1S/C13H19ClN4O2/c1-13(2,20)9-17-3-5-18(6-4-17)12(19)10-7-15-8-11(14)16-10/h7-8,20H,3-6,9H2,1-2H3. The highest BCUT2D eigenvalue weighted by Crippen LogP contribution is 2.11. The number of aromatic nitrogens is 2. The first-order valence-electron chi connectivity index (χ1n) is 6.57. The predicted molar refractivity (Wildman–Crippen MR) is 75.7 cm³/mol. The van der Waals surface area contributed by atoms with Gasteiger partial charge in [-0.1, -0.05) is 11.6 Å². The number of nitrogens with zero attached hydrogens (tertiary/aromatic N) is 4. The molecule has 0 aliphatic carbocycles. The Kier molecular flexibility index (Phi) is 4.57. The maximum absolute atomic E-state index is 12.2. The first kappa shape index (κ1) is 15.2. The Hall–Kier alpha value is -1.24. The summed E-state index contributed by atoms with van der Waals surface area (Å²) in [5.74, 6) is -0.150. The van der Waals surface area contributed by atoms with Crippen LogP contribution in [0.15, 0.2) is 12.4 Å². The molecule has 2 heterocycles. The van der Waals surface area contributed by atoms with Gasteiger partial charge in [-0.05, 0) is 13.8 Å². The van der Waals surface area contributed by atoms with Crippen molar-refractivity contribution in [3.63, 3.8) is 0 Å². The summed E-state index contributed by atoms with van der Waals surface area (Å²) >= 11 is 5.74. The van der Waals surface area contributed by atoms with Gasteiger partial charge in [0.15, 0.2) is 0 Å². The Morgan fingerprint density at radius 3 is 2.55 bits per heavy atom. The number of hydrogen-bond donors (Lipinski definition) is 1. The zero-order chi connectivity index (χ0) is 14.8. The van der Waals surface area contributed by atoms with E-state index >= 15 is 0 Å². The van der Waals surface area contributed by atoms with Gasteiger partial charge in [0.1, 0.15) is 10.8 Å². The van der Waals surface area contributed by atoms with Gasteiger partial charge in [-0.2, -0.15) is 0 Å². The number of halogens is 1. The van der Waals surface area contributed by atoms with Crippen LogP contribution in [0.1, 0.15) is 24.3 Å². The average molecular weight is 299 g/mol. The fraction of sp³-hybridized carbons (Fsp3) is 0.615. The molecule has 7 heteroatoms. The van der Waals surface area contributed by atoms with Gasteiger partial charge in [0.05, 0.1) is 18.0 Å². The molecule has 2 rings (SSSR count). The van der Waals surface area contributed by atoms with E-state index in [1.165, 1.54) is 12.4 Å². The van der Waals surface area contributed by atoms with Gasteiger partial charge in [0.25, 0.3) is 5.91 Å². The molecule has 0 unspecified atom stereocenters. The summed E-state index contributed by atoms with van der Waals surface area (Å²) in [6.45, 7) is 6.88. The Balaban J connectivity index is 1.92. The Morgan fingerprint density at radius 1 is 1.35 bits per heavy atom. The number of piperazine rings is 1. The monoisotopic (exact) mass is 298 g/mol. The Labute approximate surface area is 123 Å². The number of rotatable bonds is 3. The quantitative estimate of drug-likeness (QED) is 0.888. The number of aliphatic hydroxyl groups is 1. The molecular weight excluding hydrogens is 280 g/mol. The van der Waals surface area contributed by atoms with Gasteiger partial charge >= 0.3 is 0 Å². The summed E-state index contributed by atoms with van der Waals surface area (Å²) in [6.07, 6.45) is 2.83. The molecule has 0 aromatic carbocycles. The van der Waals surface area contributed by atoms with Crippen molar-refractivity contribution >= 4 is 17.5 Å². The molecule has 0 saturated carbocycles. The number of carbonyl (C=O) groups is 1. The minimum atomic E-state index is -0.718. The second-order valence-electron chi connectivity index (χ2n) is 5.61. The molecule has 1 amide bonds. The second-order valence-corrected chi connectivity index (χ2v) is 6.00. The van der Waals surface area contributed by atoms with Gasteiger partial charge in [0.2, 0.25) is 0 Å². The lowest BCUT2D eigenvalue weighted by atomic mass is 10.1. The van der Waals surface area contributed by atoms with Crippen molar-refractivity contribution in [1.29, 1.82) is 0 Å². The highest BCUT2D eigenvalue weighted by molar-refractivity contribution is 6.29. The van der Waals surface area contributed by atoms with Crippen molar-refractivity contribution < 1.29 is 9.90 Å². The van der Waals surface area contributed by atoms with Crippen molar-refractivity contribution in [3.8, 4) is 0 Å². The third-order valence-corrected chi connectivity index (χ3v) is 3.28. The van der Waals surface area contributed by atoms with Crippen molar-refractivity contribution in [2.24, 2.45) is 0 Å². The Bertz CT molecular complexity index is 482. The molecule has 1 aliphatic rings. The number of hydrogen-bond acceptors (Lipinski definition) is 5. The highest BCUT2D eigenvalue weighted by Gasteiger charge is 2.26. The van der Waals surface area contributed by atoms with Gasteiger partial charge in [0, 0.05) is 32.7 Å². The molecule has 110 valence electrons. The number of carbonyl (C=O) groups excluding carboxylic acids is 1. The summed E-state index contributed by atoms with van der Waals surface area (Å²) in [5, 5.41) is 10.0. The summed E-state index contributed by atoms with van der Waals surface area (Å²) in [5.41, 5.74) is -0.446. The SMILES string of the molecule is CC(C)(O)CN1CCN(C(=O)c2cncc(Cl)n2)CC1. The van der Waals surface area contributed by atoms with Crippen LogP contribution in [0.3, 0.4) is 0 Å². The van der Waals surface area contributed by atoms with Crippen LogP contribution < -0.4 is 0 Å². The van der Waals surface area contributed by atoms with Crippen LogP contribution in [-0.4, -0.2) is 69.1 Å². The second kappa shape index (κ2) is 6.03. The fourth-order valence-corrected chi connectivity index (χ4v) is 2.41. The number of amides is 1. The lowest BCUT2D eigenvalue weighted by molar-refractivity contribution is 0.0177. The summed E-state index contributed by atoms with van der Waals surface area (Å²) in [6, 6.07) is 0. The molecule has 1 aliphatic heterocycles. The van der Waals surface area contributed by atoms with Crippen LogP contribution in [0.25, 0.3) is 0 Å². The molecule has 1 aromatic rings. The Morgan fingerprint density at radius 2 is 2.00 bits per heavy atom. The molecule has 1 saturated heterocycles. The molecule has 0 atom stereocenters. The molecule has 1 fully saturated rings. The largest absolute Gasteiger partial charge is 0.389 e. The van der Waals surface area contributed by atoms with Crippen molar-refractivity contribution in [3.05, 3.63) is 23.2 Å². The lowest BCUT2D eigenvalue weighted by Crippen LogP contribution is -2.52.